The van der Waals surface area contributed by atoms with E-state index in [0.717, 1.165) is 90.6 Å². The standard InChI is InChI=1S/C41H81NO7/c1-6-11-14-17-20-23-29-38(49-41(44)48-36-28-33-42(9-4)10-5)32-37-45-39(43)30-24-25-31-40(46-34-26-21-18-15-12-7-2)47-35-27-22-19-16-13-8-3/h38,40H,6-37H2,1-5H3. The molecule has 0 saturated carbocycles. The second kappa shape index (κ2) is 37.9. The van der Waals surface area contributed by atoms with Gasteiger partial charge in [-0.1, -0.05) is 131 Å². The topological polar surface area (TPSA) is 83.5 Å². The van der Waals surface area contributed by atoms with Gasteiger partial charge in [-0.05, 0) is 64.5 Å². The molecule has 0 aliphatic rings. The van der Waals surface area contributed by atoms with Crippen LogP contribution < -0.4 is 0 Å². The SMILES string of the molecule is CCCCCCCCOC(CCCCC(=O)OCCC(CCCCCCCC)OC(=O)OCCCN(CC)CC)OCCCCCCCC. The van der Waals surface area contributed by atoms with Gasteiger partial charge in [0.2, 0.25) is 0 Å². The zero-order chi connectivity index (χ0) is 36.0. The van der Waals surface area contributed by atoms with Crippen LogP contribution in [0.5, 0.6) is 0 Å². The molecule has 0 aliphatic carbocycles. The minimum absolute atomic E-state index is 0.195. The van der Waals surface area contributed by atoms with Gasteiger partial charge in [-0.2, -0.15) is 0 Å². The highest BCUT2D eigenvalue weighted by Gasteiger charge is 2.17. The molecule has 8 heteroatoms. The van der Waals surface area contributed by atoms with E-state index in [9.17, 15) is 9.59 Å². The number of carbonyl (C=O) groups excluding carboxylic acids is 2. The van der Waals surface area contributed by atoms with Gasteiger partial charge in [0, 0.05) is 32.6 Å². The van der Waals surface area contributed by atoms with E-state index in [4.69, 9.17) is 23.7 Å². The third-order valence-corrected chi connectivity index (χ3v) is 9.25. The van der Waals surface area contributed by atoms with Gasteiger partial charge < -0.3 is 28.6 Å². The molecule has 0 aromatic heterocycles. The zero-order valence-electron chi connectivity index (χ0n) is 33.1. The molecule has 0 bridgehead atoms. The fraction of sp³-hybridized carbons (Fsp3) is 0.951. The van der Waals surface area contributed by atoms with E-state index in [-0.39, 0.29) is 25.0 Å². The number of unbranched alkanes of at least 4 members (excludes halogenated alkanes) is 16. The molecule has 0 radical (unpaired) electrons. The van der Waals surface area contributed by atoms with Gasteiger partial charge in [0.15, 0.2) is 6.29 Å². The molecule has 0 saturated heterocycles. The second-order valence-corrected chi connectivity index (χ2v) is 13.7. The molecule has 0 aromatic rings. The smallest absolute Gasteiger partial charge is 0.466 e. The quantitative estimate of drug-likeness (QED) is 0.0358. The molecule has 1 unspecified atom stereocenters. The van der Waals surface area contributed by atoms with Crippen molar-refractivity contribution in [1.82, 2.24) is 4.90 Å². The summed E-state index contributed by atoms with van der Waals surface area (Å²) in [5.41, 5.74) is 0. The number of ether oxygens (including phenoxy) is 5. The van der Waals surface area contributed by atoms with E-state index in [1.165, 1.54) is 89.9 Å². The lowest BCUT2D eigenvalue weighted by Gasteiger charge is -2.19. The monoisotopic (exact) mass is 700 g/mol. The minimum atomic E-state index is -0.617. The normalized spacial score (nSPS) is 12.1. The van der Waals surface area contributed by atoms with Crippen LogP contribution in [-0.2, 0) is 28.5 Å². The fourth-order valence-electron chi connectivity index (χ4n) is 5.93. The van der Waals surface area contributed by atoms with Crippen LogP contribution in [-0.4, -0.2) is 75.5 Å². The van der Waals surface area contributed by atoms with Gasteiger partial charge in [0.1, 0.15) is 6.10 Å². The molecule has 0 N–H and O–H groups in total. The predicted octanol–water partition coefficient (Wildman–Crippen LogP) is 11.6. The summed E-state index contributed by atoms with van der Waals surface area (Å²) < 4.78 is 28.9. The van der Waals surface area contributed by atoms with Crippen LogP contribution in [0.4, 0.5) is 4.79 Å². The van der Waals surface area contributed by atoms with E-state index in [1.807, 2.05) is 0 Å². The molecule has 49 heavy (non-hydrogen) atoms. The molecular weight excluding hydrogens is 618 g/mol. The molecule has 292 valence electrons. The van der Waals surface area contributed by atoms with E-state index in [2.05, 4.69) is 39.5 Å². The van der Waals surface area contributed by atoms with Crippen molar-refractivity contribution in [3.05, 3.63) is 0 Å². The minimum Gasteiger partial charge on any atom is -0.466 e. The van der Waals surface area contributed by atoms with Crippen molar-refractivity contribution >= 4 is 12.1 Å². The zero-order valence-corrected chi connectivity index (χ0v) is 33.1. The highest BCUT2D eigenvalue weighted by molar-refractivity contribution is 5.69. The van der Waals surface area contributed by atoms with E-state index in [0.29, 0.717) is 19.4 Å². The Morgan fingerprint density at radius 2 is 1.00 bits per heavy atom. The first-order chi connectivity index (χ1) is 24.0. The van der Waals surface area contributed by atoms with Crippen molar-refractivity contribution in [3.8, 4) is 0 Å². The Hall–Kier alpha value is -1.38. The number of hydrogen-bond acceptors (Lipinski definition) is 8. The number of carbonyl (C=O) groups is 2. The molecule has 0 spiro atoms. The summed E-state index contributed by atoms with van der Waals surface area (Å²) in [5, 5.41) is 0. The maximum atomic E-state index is 12.5. The van der Waals surface area contributed by atoms with Gasteiger partial charge in [0.25, 0.3) is 0 Å². The summed E-state index contributed by atoms with van der Waals surface area (Å²) in [4.78, 5) is 27.3. The summed E-state index contributed by atoms with van der Waals surface area (Å²) in [6, 6.07) is 0. The fourth-order valence-corrected chi connectivity index (χ4v) is 5.93. The van der Waals surface area contributed by atoms with Crippen molar-refractivity contribution in [1.29, 1.82) is 0 Å². The first-order valence-corrected chi connectivity index (χ1v) is 20.9. The lowest BCUT2D eigenvalue weighted by atomic mass is 10.1. The van der Waals surface area contributed by atoms with Crippen LogP contribution in [0.25, 0.3) is 0 Å². The first kappa shape index (κ1) is 47.6. The Labute approximate surface area is 303 Å². The molecule has 0 aliphatic heterocycles. The van der Waals surface area contributed by atoms with Crippen LogP contribution in [0.15, 0.2) is 0 Å². The van der Waals surface area contributed by atoms with Crippen LogP contribution in [0.1, 0.15) is 195 Å². The third kappa shape index (κ3) is 33.5. The van der Waals surface area contributed by atoms with Crippen molar-refractivity contribution in [2.24, 2.45) is 0 Å². The van der Waals surface area contributed by atoms with Crippen LogP contribution in [0.2, 0.25) is 0 Å². The summed E-state index contributed by atoms with van der Waals surface area (Å²) in [5.74, 6) is -0.199. The summed E-state index contributed by atoms with van der Waals surface area (Å²) in [6.07, 6.45) is 25.6. The Balaban J connectivity index is 4.52. The van der Waals surface area contributed by atoms with E-state index < -0.39 is 6.16 Å². The average Bonchev–Trinajstić information content (AvgIpc) is 3.10. The maximum absolute atomic E-state index is 12.5. The predicted molar refractivity (Wildman–Crippen MR) is 203 cm³/mol. The summed E-state index contributed by atoms with van der Waals surface area (Å²) in [6.45, 7) is 15.9. The lowest BCUT2D eigenvalue weighted by molar-refractivity contribution is -0.150. The summed E-state index contributed by atoms with van der Waals surface area (Å²) >= 11 is 0. The molecule has 0 heterocycles. The van der Waals surface area contributed by atoms with Crippen LogP contribution >= 0.6 is 0 Å². The van der Waals surface area contributed by atoms with Crippen molar-refractivity contribution in [2.45, 2.75) is 208 Å². The van der Waals surface area contributed by atoms with Crippen LogP contribution in [0, 0.1) is 0 Å². The Morgan fingerprint density at radius 3 is 1.55 bits per heavy atom. The van der Waals surface area contributed by atoms with Crippen molar-refractivity contribution in [2.75, 3.05) is 46.1 Å². The molecule has 0 rings (SSSR count). The lowest BCUT2D eigenvalue weighted by Crippen LogP contribution is -2.26. The molecular formula is C41H81NO7. The van der Waals surface area contributed by atoms with Crippen molar-refractivity contribution < 1.29 is 33.3 Å². The number of rotatable bonds is 38. The molecule has 8 nitrogen and oxygen atoms in total. The second-order valence-electron chi connectivity index (χ2n) is 13.7. The number of esters is 1. The summed E-state index contributed by atoms with van der Waals surface area (Å²) in [7, 11) is 0. The van der Waals surface area contributed by atoms with E-state index >= 15 is 0 Å². The molecule has 0 fully saturated rings. The van der Waals surface area contributed by atoms with E-state index in [1.54, 1.807) is 0 Å². The van der Waals surface area contributed by atoms with Gasteiger partial charge in [-0.25, -0.2) is 4.79 Å². The number of hydrogen-bond donors (Lipinski definition) is 0. The Morgan fingerprint density at radius 1 is 0.490 bits per heavy atom. The van der Waals surface area contributed by atoms with Gasteiger partial charge >= 0.3 is 12.1 Å². The first-order valence-electron chi connectivity index (χ1n) is 20.9. The average molecular weight is 700 g/mol. The molecule has 1 atom stereocenters. The van der Waals surface area contributed by atoms with Gasteiger partial charge in [-0.3, -0.25) is 4.79 Å². The van der Waals surface area contributed by atoms with Crippen molar-refractivity contribution in [3.63, 3.8) is 0 Å². The maximum Gasteiger partial charge on any atom is 0.508 e. The highest BCUT2D eigenvalue weighted by Crippen LogP contribution is 2.16. The van der Waals surface area contributed by atoms with Crippen LogP contribution in [0.3, 0.4) is 0 Å². The van der Waals surface area contributed by atoms with Gasteiger partial charge in [0.05, 0.1) is 13.2 Å². The third-order valence-electron chi connectivity index (χ3n) is 9.25. The Kier molecular flexibility index (Phi) is 36.8. The molecule has 0 aromatic carbocycles. The van der Waals surface area contributed by atoms with Gasteiger partial charge in [-0.15, -0.1) is 0 Å². The Bertz CT molecular complexity index is 685. The molecule has 0 amide bonds. The largest absolute Gasteiger partial charge is 0.508 e. The highest BCUT2D eigenvalue weighted by atomic mass is 16.7. The number of nitrogens with zero attached hydrogens (tertiary/aromatic N) is 1.